The number of carbonyl (C=O) groups excluding carboxylic acids is 1. The highest BCUT2D eigenvalue weighted by atomic mass is 16.5. The number of amides is 1. The Labute approximate surface area is 152 Å². The summed E-state index contributed by atoms with van der Waals surface area (Å²) in [7, 11) is 1.61. The number of hydrogen-bond donors (Lipinski definition) is 2. The summed E-state index contributed by atoms with van der Waals surface area (Å²) in [5, 5.41) is 5.95. The van der Waals surface area contributed by atoms with Crippen molar-refractivity contribution in [1.82, 2.24) is 15.3 Å². The van der Waals surface area contributed by atoms with Crippen molar-refractivity contribution in [3.63, 3.8) is 0 Å². The summed E-state index contributed by atoms with van der Waals surface area (Å²) in [5.41, 5.74) is 3.43. The third-order valence-electron chi connectivity index (χ3n) is 3.78. The van der Waals surface area contributed by atoms with E-state index in [1.165, 1.54) is 12.4 Å². The van der Waals surface area contributed by atoms with Crippen LogP contribution in [0.25, 0.3) is 0 Å². The van der Waals surface area contributed by atoms with Gasteiger partial charge in [-0.05, 0) is 24.6 Å². The normalized spacial score (nSPS) is 10.2. The number of benzene rings is 2. The van der Waals surface area contributed by atoms with Crippen molar-refractivity contribution in [2.45, 2.75) is 13.5 Å². The monoisotopic (exact) mass is 348 g/mol. The molecule has 0 spiro atoms. The Morgan fingerprint density at radius 1 is 1.08 bits per heavy atom. The lowest BCUT2D eigenvalue weighted by Crippen LogP contribution is -2.23. The summed E-state index contributed by atoms with van der Waals surface area (Å²) in [6, 6.07) is 15.5. The van der Waals surface area contributed by atoms with Gasteiger partial charge < -0.3 is 15.4 Å². The third-order valence-corrected chi connectivity index (χ3v) is 3.78. The summed E-state index contributed by atoms with van der Waals surface area (Å²) in [6.45, 7) is 2.48. The number of aromatic nitrogens is 2. The van der Waals surface area contributed by atoms with Crippen LogP contribution in [0.5, 0.6) is 5.75 Å². The van der Waals surface area contributed by atoms with Crippen molar-refractivity contribution in [1.29, 1.82) is 0 Å². The molecule has 0 saturated heterocycles. The first-order chi connectivity index (χ1) is 12.6. The van der Waals surface area contributed by atoms with Gasteiger partial charge in [0.15, 0.2) is 0 Å². The molecule has 0 radical (unpaired) electrons. The van der Waals surface area contributed by atoms with Crippen LogP contribution in [0.1, 0.15) is 21.5 Å². The fraction of sp³-hybridized carbons (Fsp3) is 0.150. The number of ether oxygens (including phenoxy) is 1. The van der Waals surface area contributed by atoms with Crippen molar-refractivity contribution in [3.05, 3.63) is 77.6 Å². The fourth-order valence-electron chi connectivity index (χ4n) is 2.45. The first-order valence-corrected chi connectivity index (χ1v) is 8.21. The Hall–Kier alpha value is -3.41. The second kappa shape index (κ2) is 8.11. The number of nitrogens with one attached hydrogen (secondary N) is 2. The zero-order valence-corrected chi connectivity index (χ0v) is 14.7. The minimum atomic E-state index is -0.209. The van der Waals surface area contributed by atoms with Crippen LogP contribution in [-0.2, 0) is 6.54 Å². The highest BCUT2D eigenvalue weighted by molar-refractivity contribution is 5.93. The van der Waals surface area contributed by atoms with E-state index < -0.39 is 0 Å². The zero-order valence-electron chi connectivity index (χ0n) is 14.7. The van der Waals surface area contributed by atoms with Gasteiger partial charge in [-0.2, -0.15) is 0 Å². The summed E-state index contributed by atoms with van der Waals surface area (Å²) in [5.74, 6) is 0.940. The van der Waals surface area contributed by atoms with E-state index in [9.17, 15) is 4.79 Å². The number of hydrogen-bond acceptors (Lipinski definition) is 5. The van der Waals surface area contributed by atoms with Crippen LogP contribution < -0.4 is 15.4 Å². The Balaban J connectivity index is 1.60. The molecule has 0 aliphatic rings. The van der Waals surface area contributed by atoms with Gasteiger partial charge in [0, 0.05) is 30.7 Å². The van der Waals surface area contributed by atoms with Gasteiger partial charge >= 0.3 is 0 Å². The molecule has 26 heavy (non-hydrogen) atoms. The molecule has 2 N–H and O–H groups in total. The summed E-state index contributed by atoms with van der Waals surface area (Å²) < 4.78 is 5.18. The molecule has 2 aromatic carbocycles. The average molecular weight is 348 g/mol. The zero-order chi connectivity index (χ0) is 18.4. The lowest BCUT2D eigenvalue weighted by molar-refractivity contribution is 0.0950. The SMILES string of the molecule is COc1cccc(Nc2ncc(C(=O)NCc3cccc(C)c3)cn2)c1. The van der Waals surface area contributed by atoms with Gasteiger partial charge in [0.25, 0.3) is 5.91 Å². The topological polar surface area (TPSA) is 76.1 Å². The number of anilines is 2. The molecule has 0 aliphatic heterocycles. The van der Waals surface area contributed by atoms with Crippen molar-refractivity contribution in [2.24, 2.45) is 0 Å². The molecule has 0 fully saturated rings. The van der Waals surface area contributed by atoms with Gasteiger partial charge in [0.2, 0.25) is 5.95 Å². The highest BCUT2D eigenvalue weighted by Crippen LogP contribution is 2.19. The van der Waals surface area contributed by atoms with Crippen molar-refractivity contribution in [3.8, 4) is 5.75 Å². The smallest absolute Gasteiger partial charge is 0.254 e. The summed E-state index contributed by atoms with van der Waals surface area (Å²) >= 11 is 0. The van der Waals surface area contributed by atoms with Crippen molar-refractivity contribution >= 4 is 17.5 Å². The molecule has 0 aliphatic carbocycles. The van der Waals surface area contributed by atoms with Crippen LogP contribution in [0, 0.1) is 6.92 Å². The van der Waals surface area contributed by atoms with Crippen LogP contribution in [0.15, 0.2) is 60.9 Å². The van der Waals surface area contributed by atoms with Crippen LogP contribution in [0.3, 0.4) is 0 Å². The Morgan fingerprint density at radius 3 is 2.58 bits per heavy atom. The van der Waals surface area contributed by atoms with Gasteiger partial charge in [-0.1, -0.05) is 35.9 Å². The maximum absolute atomic E-state index is 12.2. The Bertz CT molecular complexity index is 894. The van der Waals surface area contributed by atoms with Crippen LogP contribution >= 0.6 is 0 Å². The van der Waals surface area contributed by atoms with Crippen LogP contribution in [0.2, 0.25) is 0 Å². The summed E-state index contributed by atoms with van der Waals surface area (Å²) in [4.78, 5) is 20.6. The summed E-state index contributed by atoms with van der Waals surface area (Å²) in [6.07, 6.45) is 3.00. The second-order valence-electron chi connectivity index (χ2n) is 5.82. The molecule has 1 amide bonds. The second-order valence-corrected chi connectivity index (χ2v) is 5.82. The quantitative estimate of drug-likeness (QED) is 0.713. The van der Waals surface area contributed by atoms with E-state index in [2.05, 4.69) is 20.6 Å². The van der Waals surface area contributed by atoms with E-state index in [0.29, 0.717) is 18.1 Å². The molecule has 3 rings (SSSR count). The van der Waals surface area contributed by atoms with Gasteiger partial charge in [0.05, 0.1) is 12.7 Å². The first-order valence-electron chi connectivity index (χ1n) is 8.21. The molecule has 3 aromatic rings. The molecule has 6 heteroatoms. The maximum atomic E-state index is 12.2. The average Bonchev–Trinajstić information content (AvgIpc) is 2.67. The van der Waals surface area contributed by atoms with Gasteiger partial charge in [-0.25, -0.2) is 9.97 Å². The number of rotatable bonds is 6. The Morgan fingerprint density at radius 2 is 1.85 bits per heavy atom. The number of methoxy groups -OCH3 is 1. The number of carbonyl (C=O) groups is 1. The standard InChI is InChI=1S/C20H20N4O2/c1-14-5-3-6-15(9-14)11-21-19(25)16-12-22-20(23-13-16)24-17-7-4-8-18(10-17)26-2/h3-10,12-13H,11H2,1-2H3,(H,21,25)(H,22,23,24). The molecule has 0 saturated carbocycles. The lowest BCUT2D eigenvalue weighted by atomic mass is 10.1. The van der Waals surface area contributed by atoms with Crippen molar-refractivity contribution in [2.75, 3.05) is 12.4 Å². The van der Waals surface area contributed by atoms with Gasteiger partial charge in [0.1, 0.15) is 5.75 Å². The van der Waals surface area contributed by atoms with E-state index in [1.807, 2.05) is 55.5 Å². The van der Waals surface area contributed by atoms with E-state index in [4.69, 9.17) is 4.74 Å². The minimum Gasteiger partial charge on any atom is -0.497 e. The van der Waals surface area contributed by atoms with E-state index in [-0.39, 0.29) is 5.91 Å². The fourth-order valence-corrected chi connectivity index (χ4v) is 2.45. The molecule has 0 atom stereocenters. The number of nitrogens with zero attached hydrogens (tertiary/aromatic N) is 2. The largest absolute Gasteiger partial charge is 0.497 e. The van der Waals surface area contributed by atoms with Crippen LogP contribution in [-0.4, -0.2) is 23.0 Å². The molecular weight excluding hydrogens is 328 g/mol. The number of aryl methyl sites for hydroxylation is 1. The molecule has 132 valence electrons. The van der Waals surface area contributed by atoms with E-state index >= 15 is 0 Å². The molecule has 1 aromatic heterocycles. The maximum Gasteiger partial charge on any atom is 0.254 e. The molecule has 1 heterocycles. The first kappa shape index (κ1) is 17.4. The van der Waals surface area contributed by atoms with Crippen molar-refractivity contribution < 1.29 is 9.53 Å². The highest BCUT2D eigenvalue weighted by Gasteiger charge is 2.07. The lowest BCUT2D eigenvalue weighted by Gasteiger charge is -2.08. The molecular formula is C20H20N4O2. The predicted octanol–water partition coefficient (Wildman–Crippen LogP) is 3.47. The molecule has 0 unspecified atom stereocenters. The minimum absolute atomic E-state index is 0.209. The Kier molecular flexibility index (Phi) is 5.43. The third kappa shape index (κ3) is 4.57. The van der Waals surface area contributed by atoms with Gasteiger partial charge in [-0.3, -0.25) is 4.79 Å². The molecule has 0 bridgehead atoms. The van der Waals surface area contributed by atoms with Crippen LogP contribution in [0.4, 0.5) is 11.6 Å². The predicted molar refractivity (Wildman–Crippen MR) is 101 cm³/mol. The van der Waals surface area contributed by atoms with Gasteiger partial charge in [-0.15, -0.1) is 0 Å². The van der Waals surface area contributed by atoms with E-state index in [1.54, 1.807) is 7.11 Å². The molecule has 6 nitrogen and oxygen atoms in total. The van der Waals surface area contributed by atoms with E-state index in [0.717, 1.165) is 22.6 Å².